The summed E-state index contributed by atoms with van der Waals surface area (Å²) in [5.74, 6) is -1.63. The normalized spacial score (nSPS) is 19.5. The number of carbonyl (C=O) groups is 2. The number of aliphatic hydroxyl groups is 1. The molecule has 2 aliphatic heterocycles. The van der Waals surface area contributed by atoms with Gasteiger partial charge in [0.15, 0.2) is 0 Å². The molecule has 2 unspecified atom stereocenters. The third-order valence-electron chi connectivity index (χ3n) is 8.16. The van der Waals surface area contributed by atoms with Gasteiger partial charge in [-0.1, -0.05) is 6.92 Å². The summed E-state index contributed by atoms with van der Waals surface area (Å²) in [5.41, 5.74) is 5.63. The van der Waals surface area contributed by atoms with E-state index in [-0.39, 0.29) is 36.5 Å². The highest BCUT2D eigenvalue weighted by molar-refractivity contribution is 5.93. The van der Waals surface area contributed by atoms with Gasteiger partial charge in [0.05, 0.1) is 41.0 Å². The standard InChI is InChI=1S/C27H26FN3O5/c1-4-13-15-7-21-25-16(9-31(21)26(34)17(15)11-36-27(13)35)24-20(30(3)22(33)10-32)6-5-14-12(2)18(28)8-19(29-25)23(14)24/h7-8,13,20,32H,4-6,9-11H2,1-3H3. The topological polar surface area (TPSA) is 102 Å². The van der Waals surface area contributed by atoms with E-state index in [0.717, 1.165) is 22.1 Å². The van der Waals surface area contributed by atoms with E-state index in [4.69, 9.17) is 9.72 Å². The Kier molecular flexibility index (Phi) is 5.05. The second-order valence-corrected chi connectivity index (χ2v) is 9.85. The van der Waals surface area contributed by atoms with Crippen LogP contribution in [-0.2, 0) is 33.9 Å². The number of halogens is 1. The van der Waals surface area contributed by atoms with Gasteiger partial charge in [-0.05, 0) is 54.5 Å². The number of pyridine rings is 2. The lowest BCUT2D eigenvalue weighted by Crippen LogP contribution is -2.35. The van der Waals surface area contributed by atoms with E-state index in [9.17, 15) is 23.9 Å². The number of esters is 1. The monoisotopic (exact) mass is 491 g/mol. The quantitative estimate of drug-likeness (QED) is 0.442. The number of cyclic esters (lactones) is 1. The molecule has 2 atom stereocenters. The Morgan fingerprint density at radius 2 is 2.06 bits per heavy atom. The fourth-order valence-electron chi connectivity index (χ4n) is 6.22. The van der Waals surface area contributed by atoms with Gasteiger partial charge in [0.1, 0.15) is 19.0 Å². The molecule has 0 fully saturated rings. The van der Waals surface area contributed by atoms with Crippen molar-refractivity contribution in [3.63, 3.8) is 0 Å². The molecule has 4 heterocycles. The van der Waals surface area contributed by atoms with Gasteiger partial charge in [-0.3, -0.25) is 14.4 Å². The van der Waals surface area contributed by atoms with Gasteiger partial charge < -0.3 is 19.3 Å². The summed E-state index contributed by atoms with van der Waals surface area (Å²) < 4.78 is 21.9. The molecular formula is C27H26FN3O5. The zero-order valence-corrected chi connectivity index (χ0v) is 20.4. The van der Waals surface area contributed by atoms with Gasteiger partial charge in [0, 0.05) is 24.1 Å². The van der Waals surface area contributed by atoms with Gasteiger partial charge in [-0.15, -0.1) is 0 Å². The number of fused-ring (bicyclic) bond motifs is 5. The number of likely N-dealkylation sites (N-methyl/N-ethyl adjacent to an activating group) is 1. The molecule has 36 heavy (non-hydrogen) atoms. The van der Waals surface area contributed by atoms with Crippen molar-refractivity contribution in [2.45, 2.75) is 58.2 Å². The first-order valence-electron chi connectivity index (χ1n) is 12.2. The fourth-order valence-corrected chi connectivity index (χ4v) is 6.22. The number of amides is 1. The number of aliphatic hydroxyl groups excluding tert-OH is 1. The molecule has 186 valence electrons. The molecule has 0 saturated heterocycles. The molecule has 1 amide bonds. The SMILES string of the molecule is CCC1C(=O)OCc2c1cc1n(c2=O)Cc2c-1nc1cc(F)c(C)c3c1c2C(N(C)C(=O)CO)CC3. The lowest BCUT2D eigenvalue weighted by molar-refractivity contribution is -0.148. The van der Waals surface area contributed by atoms with Crippen LogP contribution >= 0.6 is 0 Å². The van der Waals surface area contributed by atoms with Crippen molar-refractivity contribution in [3.8, 4) is 11.4 Å². The largest absolute Gasteiger partial charge is 0.460 e. The molecule has 2 aromatic heterocycles. The molecule has 0 bridgehead atoms. The average molecular weight is 492 g/mol. The lowest BCUT2D eigenvalue weighted by atomic mass is 9.81. The first kappa shape index (κ1) is 22.8. The molecule has 9 heteroatoms. The van der Waals surface area contributed by atoms with Crippen molar-refractivity contribution in [2.24, 2.45) is 0 Å². The zero-order chi connectivity index (χ0) is 25.5. The van der Waals surface area contributed by atoms with Crippen LogP contribution in [0.25, 0.3) is 22.3 Å². The number of benzene rings is 1. The Morgan fingerprint density at radius 1 is 1.28 bits per heavy atom. The average Bonchev–Trinajstić information content (AvgIpc) is 3.24. The molecule has 0 spiro atoms. The summed E-state index contributed by atoms with van der Waals surface area (Å²) in [5, 5.41) is 10.3. The molecule has 0 saturated carbocycles. The van der Waals surface area contributed by atoms with Crippen molar-refractivity contribution in [1.29, 1.82) is 0 Å². The molecule has 8 nitrogen and oxygen atoms in total. The Hall–Kier alpha value is -3.59. The number of rotatable bonds is 3. The highest BCUT2D eigenvalue weighted by Gasteiger charge is 2.38. The van der Waals surface area contributed by atoms with E-state index in [2.05, 4.69) is 0 Å². The van der Waals surface area contributed by atoms with Crippen LogP contribution < -0.4 is 5.56 Å². The predicted molar refractivity (Wildman–Crippen MR) is 129 cm³/mol. The van der Waals surface area contributed by atoms with Gasteiger partial charge in [0.25, 0.3) is 5.56 Å². The molecule has 3 aromatic rings. The zero-order valence-electron chi connectivity index (χ0n) is 20.4. The number of hydrogen-bond acceptors (Lipinski definition) is 6. The van der Waals surface area contributed by atoms with Crippen molar-refractivity contribution in [1.82, 2.24) is 14.5 Å². The summed E-state index contributed by atoms with van der Waals surface area (Å²) in [6.45, 7) is 3.21. The first-order valence-corrected chi connectivity index (χ1v) is 12.2. The van der Waals surface area contributed by atoms with Gasteiger partial charge in [-0.25, -0.2) is 9.37 Å². The Morgan fingerprint density at radius 3 is 2.78 bits per heavy atom. The summed E-state index contributed by atoms with van der Waals surface area (Å²) in [6, 6.07) is 2.92. The van der Waals surface area contributed by atoms with Crippen LogP contribution in [0.5, 0.6) is 0 Å². The third-order valence-corrected chi connectivity index (χ3v) is 8.16. The molecule has 6 rings (SSSR count). The van der Waals surface area contributed by atoms with Crippen molar-refractivity contribution in [3.05, 3.63) is 61.7 Å². The highest BCUT2D eigenvalue weighted by atomic mass is 19.1. The van der Waals surface area contributed by atoms with E-state index < -0.39 is 18.4 Å². The van der Waals surface area contributed by atoms with Gasteiger partial charge >= 0.3 is 5.97 Å². The van der Waals surface area contributed by atoms with Crippen LogP contribution in [0.3, 0.4) is 0 Å². The minimum atomic E-state index is -0.614. The van der Waals surface area contributed by atoms with Gasteiger partial charge in [0.2, 0.25) is 5.91 Å². The van der Waals surface area contributed by atoms with E-state index in [0.29, 0.717) is 52.9 Å². The van der Waals surface area contributed by atoms with Gasteiger partial charge in [-0.2, -0.15) is 0 Å². The molecule has 1 N–H and O–H groups in total. The number of hydrogen-bond donors (Lipinski definition) is 1. The van der Waals surface area contributed by atoms with Crippen molar-refractivity contribution in [2.75, 3.05) is 13.7 Å². The first-order chi connectivity index (χ1) is 17.3. The van der Waals surface area contributed by atoms with Crippen molar-refractivity contribution < 1.29 is 23.8 Å². The van der Waals surface area contributed by atoms with E-state index in [1.807, 2.05) is 13.0 Å². The number of aryl methyl sites for hydroxylation is 1. The lowest BCUT2D eigenvalue weighted by Gasteiger charge is -2.35. The van der Waals surface area contributed by atoms with E-state index in [1.54, 1.807) is 18.5 Å². The Labute approximate surface area is 206 Å². The number of nitrogens with zero attached hydrogens (tertiary/aromatic N) is 3. The maximum absolute atomic E-state index is 14.9. The maximum Gasteiger partial charge on any atom is 0.313 e. The fraction of sp³-hybridized carbons (Fsp3) is 0.407. The van der Waals surface area contributed by atoms with Crippen molar-refractivity contribution >= 4 is 22.8 Å². The predicted octanol–water partition coefficient (Wildman–Crippen LogP) is 2.86. The molecule has 1 aliphatic carbocycles. The summed E-state index contributed by atoms with van der Waals surface area (Å²) in [6.07, 6.45) is 1.63. The summed E-state index contributed by atoms with van der Waals surface area (Å²) >= 11 is 0. The van der Waals surface area contributed by atoms with Crippen LogP contribution in [0.15, 0.2) is 16.9 Å². The highest BCUT2D eigenvalue weighted by Crippen LogP contribution is 2.46. The minimum Gasteiger partial charge on any atom is -0.460 e. The van der Waals surface area contributed by atoms with Crippen LogP contribution in [0, 0.1) is 12.7 Å². The van der Waals surface area contributed by atoms with Crippen LogP contribution in [0.4, 0.5) is 4.39 Å². The van der Waals surface area contributed by atoms with E-state index >= 15 is 0 Å². The molecule has 0 radical (unpaired) electrons. The van der Waals surface area contributed by atoms with Crippen LogP contribution in [0.1, 0.15) is 65.1 Å². The molecule has 1 aromatic carbocycles. The number of aromatic nitrogens is 2. The van der Waals surface area contributed by atoms with E-state index in [1.165, 1.54) is 11.0 Å². The van der Waals surface area contributed by atoms with Crippen LogP contribution in [0.2, 0.25) is 0 Å². The maximum atomic E-state index is 14.9. The minimum absolute atomic E-state index is 0.0622. The summed E-state index contributed by atoms with van der Waals surface area (Å²) in [7, 11) is 1.66. The number of carbonyl (C=O) groups excluding carboxylic acids is 2. The van der Waals surface area contributed by atoms with Crippen LogP contribution in [-0.4, -0.2) is 45.1 Å². The smallest absolute Gasteiger partial charge is 0.313 e. The Balaban J connectivity index is 1.66. The Bertz CT molecular complexity index is 1560. The second-order valence-electron chi connectivity index (χ2n) is 9.85. The summed E-state index contributed by atoms with van der Waals surface area (Å²) in [4.78, 5) is 44.9. The second kappa shape index (κ2) is 7.96. The third kappa shape index (κ3) is 2.95. The molecule has 3 aliphatic rings. The molecular weight excluding hydrogens is 465 g/mol. The number of ether oxygens (including phenoxy) is 1.